The molecule has 0 spiro atoms. The van der Waals surface area contributed by atoms with E-state index in [2.05, 4.69) is 127 Å². The fourth-order valence-corrected chi connectivity index (χ4v) is 5.44. The Morgan fingerprint density at radius 3 is 2.66 bits per heavy atom. The molecule has 2 atom stereocenters. The Hall–Kier alpha value is -3.52. The molecule has 2 heteroatoms. The van der Waals surface area contributed by atoms with Gasteiger partial charge in [-0.25, -0.2) is 0 Å². The zero-order valence-corrected chi connectivity index (χ0v) is 21.0. The van der Waals surface area contributed by atoms with Crippen molar-refractivity contribution in [1.82, 2.24) is 9.47 Å². The molecule has 2 aromatic rings. The van der Waals surface area contributed by atoms with Gasteiger partial charge < -0.3 is 9.47 Å². The number of likely N-dealkylation sites (tertiary alicyclic amines) is 1. The van der Waals surface area contributed by atoms with Crippen LogP contribution in [0.15, 0.2) is 96.3 Å². The van der Waals surface area contributed by atoms with E-state index in [1.165, 1.54) is 33.6 Å². The molecule has 1 fully saturated rings. The van der Waals surface area contributed by atoms with Gasteiger partial charge in [0.1, 0.15) is 0 Å². The number of fused-ring (bicyclic) bond motifs is 1. The van der Waals surface area contributed by atoms with E-state index in [0.29, 0.717) is 12.0 Å². The SMILES string of the molecule is C=c1c(C)c(/C=C\CCC)n(-c2ccccc2)/c1=C/C=C1\CN(C2=CCCC=C2)C2C=CC=CC12. The molecule has 2 aliphatic carbocycles. The van der Waals surface area contributed by atoms with Gasteiger partial charge >= 0.3 is 0 Å². The Morgan fingerprint density at radius 2 is 1.89 bits per heavy atom. The summed E-state index contributed by atoms with van der Waals surface area (Å²) in [4.78, 5) is 2.56. The highest BCUT2D eigenvalue weighted by Gasteiger charge is 2.35. The summed E-state index contributed by atoms with van der Waals surface area (Å²) in [6.07, 6.45) is 29.8. The van der Waals surface area contributed by atoms with Crippen LogP contribution in [0.1, 0.15) is 43.9 Å². The summed E-state index contributed by atoms with van der Waals surface area (Å²) in [5.41, 5.74) is 6.46. The van der Waals surface area contributed by atoms with E-state index in [-0.39, 0.29) is 0 Å². The highest BCUT2D eigenvalue weighted by atomic mass is 15.2. The predicted octanol–water partition coefficient (Wildman–Crippen LogP) is 6.38. The molecule has 2 heterocycles. The number of hydrogen-bond acceptors (Lipinski definition) is 1. The van der Waals surface area contributed by atoms with Crippen molar-refractivity contribution in [2.45, 2.75) is 45.6 Å². The van der Waals surface area contributed by atoms with Crippen molar-refractivity contribution >= 4 is 18.7 Å². The first-order valence-electron chi connectivity index (χ1n) is 13.0. The van der Waals surface area contributed by atoms with E-state index in [1.54, 1.807) is 0 Å². The molecule has 0 amide bonds. The minimum absolute atomic E-state index is 0.392. The van der Waals surface area contributed by atoms with E-state index >= 15 is 0 Å². The van der Waals surface area contributed by atoms with Crippen molar-refractivity contribution in [3.05, 3.63) is 118 Å². The van der Waals surface area contributed by atoms with Gasteiger partial charge in [-0.05, 0) is 72.9 Å². The molecule has 35 heavy (non-hydrogen) atoms. The Bertz CT molecular complexity index is 1360. The first kappa shape index (κ1) is 23.2. The van der Waals surface area contributed by atoms with E-state index in [1.807, 2.05) is 0 Å². The van der Waals surface area contributed by atoms with Crippen LogP contribution in [-0.2, 0) is 0 Å². The highest BCUT2D eigenvalue weighted by molar-refractivity contribution is 5.58. The molecule has 0 N–H and O–H groups in total. The quantitative estimate of drug-likeness (QED) is 0.486. The number of aromatic nitrogens is 1. The van der Waals surface area contributed by atoms with Gasteiger partial charge in [0.2, 0.25) is 0 Å². The number of unbranched alkanes of at least 4 members (excludes halogenated alkanes) is 1. The molecule has 0 radical (unpaired) electrons. The van der Waals surface area contributed by atoms with Crippen molar-refractivity contribution in [3.8, 4) is 5.69 Å². The van der Waals surface area contributed by atoms with Crippen LogP contribution in [0.3, 0.4) is 0 Å². The largest absolute Gasteiger partial charge is 0.360 e. The van der Waals surface area contributed by atoms with Gasteiger partial charge in [0, 0.05) is 29.5 Å². The summed E-state index contributed by atoms with van der Waals surface area (Å²) in [5.74, 6) is 0.408. The normalized spacial score (nSPS) is 23.0. The maximum atomic E-state index is 4.50. The standard InChI is InChI=1S/C33H36N2/c1-4-5-8-20-31-25(2)26(3)32(35(31)29-17-11-7-12-18-29)23-22-27-24-34(28-15-9-6-10-16-28)33-21-14-13-19-30(27)33/h7-9,11-23,30,33H,3-6,10,24H2,1-2H3/b20-8-,27-22+,32-23+. The van der Waals surface area contributed by atoms with Crippen molar-refractivity contribution in [1.29, 1.82) is 0 Å². The van der Waals surface area contributed by atoms with E-state index in [9.17, 15) is 0 Å². The molecular weight excluding hydrogens is 424 g/mol. The number of nitrogens with zero attached hydrogens (tertiary/aromatic N) is 2. The topological polar surface area (TPSA) is 8.17 Å². The number of rotatable bonds is 6. The Labute approximate surface area is 210 Å². The van der Waals surface area contributed by atoms with Crippen molar-refractivity contribution in [3.63, 3.8) is 0 Å². The Balaban J connectivity index is 1.61. The van der Waals surface area contributed by atoms with Gasteiger partial charge in [-0.2, -0.15) is 0 Å². The number of para-hydroxylation sites is 1. The monoisotopic (exact) mass is 460 g/mol. The first-order valence-corrected chi connectivity index (χ1v) is 13.0. The van der Waals surface area contributed by atoms with Gasteiger partial charge in [0.25, 0.3) is 0 Å². The Kier molecular flexibility index (Phi) is 6.90. The summed E-state index contributed by atoms with van der Waals surface area (Å²) >= 11 is 0. The minimum atomic E-state index is 0.392. The average molecular weight is 461 g/mol. The van der Waals surface area contributed by atoms with Crippen LogP contribution in [0.5, 0.6) is 0 Å². The molecule has 5 rings (SSSR count). The van der Waals surface area contributed by atoms with Crippen LogP contribution in [-0.4, -0.2) is 22.1 Å². The average Bonchev–Trinajstić information content (AvgIpc) is 3.39. The summed E-state index contributed by atoms with van der Waals surface area (Å²) in [7, 11) is 0. The fraction of sp³-hybridized carbons (Fsp3) is 0.273. The number of benzene rings is 1. The molecular formula is C33H36N2. The third-order valence-electron chi connectivity index (χ3n) is 7.38. The van der Waals surface area contributed by atoms with Crippen LogP contribution < -0.4 is 10.6 Å². The van der Waals surface area contributed by atoms with Crippen LogP contribution in [0.2, 0.25) is 0 Å². The maximum absolute atomic E-state index is 4.50. The van der Waals surface area contributed by atoms with Crippen molar-refractivity contribution in [2.75, 3.05) is 6.54 Å². The molecule has 1 aromatic carbocycles. The maximum Gasteiger partial charge on any atom is 0.0580 e. The second-order valence-corrected chi connectivity index (χ2v) is 9.67. The summed E-state index contributed by atoms with van der Waals surface area (Å²) in [5, 5.41) is 2.27. The lowest BCUT2D eigenvalue weighted by atomic mass is 9.91. The molecule has 2 unspecified atom stereocenters. The fourth-order valence-electron chi connectivity index (χ4n) is 5.44. The van der Waals surface area contributed by atoms with Gasteiger partial charge in [0.15, 0.2) is 0 Å². The smallest absolute Gasteiger partial charge is 0.0580 e. The van der Waals surface area contributed by atoms with E-state index in [0.717, 1.165) is 37.4 Å². The molecule has 3 aliphatic rings. The third kappa shape index (κ3) is 4.58. The molecule has 1 aliphatic heterocycles. The van der Waals surface area contributed by atoms with Crippen LogP contribution in [0.25, 0.3) is 24.4 Å². The van der Waals surface area contributed by atoms with Crippen LogP contribution in [0.4, 0.5) is 0 Å². The van der Waals surface area contributed by atoms with E-state index in [4.69, 9.17) is 0 Å². The summed E-state index contributed by atoms with van der Waals surface area (Å²) in [6.45, 7) is 9.87. The molecule has 1 saturated heterocycles. The van der Waals surface area contributed by atoms with Crippen LogP contribution in [0, 0.1) is 12.8 Å². The summed E-state index contributed by atoms with van der Waals surface area (Å²) in [6, 6.07) is 11.1. The number of hydrogen-bond donors (Lipinski definition) is 0. The molecule has 2 nitrogen and oxygen atoms in total. The lowest BCUT2D eigenvalue weighted by Crippen LogP contribution is -2.30. The van der Waals surface area contributed by atoms with Gasteiger partial charge in [0.05, 0.1) is 11.4 Å². The second-order valence-electron chi connectivity index (χ2n) is 9.67. The lowest BCUT2D eigenvalue weighted by molar-refractivity contribution is 0.355. The summed E-state index contributed by atoms with van der Waals surface area (Å²) < 4.78 is 2.37. The van der Waals surface area contributed by atoms with E-state index < -0.39 is 0 Å². The lowest BCUT2D eigenvalue weighted by Gasteiger charge is -2.29. The third-order valence-corrected chi connectivity index (χ3v) is 7.38. The van der Waals surface area contributed by atoms with Gasteiger partial charge in [-0.15, -0.1) is 0 Å². The molecule has 0 bridgehead atoms. The first-order chi connectivity index (χ1) is 17.2. The molecule has 1 aromatic heterocycles. The highest BCUT2D eigenvalue weighted by Crippen LogP contribution is 2.37. The van der Waals surface area contributed by atoms with Crippen molar-refractivity contribution in [2.24, 2.45) is 5.92 Å². The number of allylic oxidation sites excluding steroid dienone is 7. The Morgan fingerprint density at radius 1 is 1.06 bits per heavy atom. The molecule has 178 valence electrons. The predicted molar refractivity (Wildman–Crippen MR) is 150 cm³/mol. The zero-order chi connectivity index (χ0) is 24.2. The van der Waals surface area contributed by atoms with Gasteiger partial charge in [-0.1, -0.05) is 86.7 Å². The zero-order valence-electron chi connectivity index (χ0n) is 21.0. The minimum Gasteiger partial charge on any atom is -0.360 e. The van der Waals surface area contributed by atoms with Gasteiger partial charge in [-0.3, -0.25) is 0 Å². The van der Waals surface area contributed by atoms with Crippen LogP contribution >= 0.6 is 0 Å². The van der Waals surface area contributed by atoms with Crippen molar-refractivity contribution < 1.29 is 0 Å². The molecule has 0 saturated carbocycles. The second kappa shape index (κ2) is 10.4.